The van der Waals surface area contributed by atoms with Crippen molar-refractivity contribution in [1.29, 1.82) is 0 Å². The SMILES string of the molecule is Cc1ccccc1[C@H]1[C@@H]2CN(CC3COCCOC3)C[C@@H]2CN1C(=O)N(C)C. The number of hydrogen-bond donors (Lipinski definition) is 0. The molecule has 154 valence electrons. The second kappa shape index (κ2) is 8.39. The summed E-state index contributed by atoms with van der Waals surface area (Å²) in [7, 11) is 3.70. The Morgan fingerprint density at radius 3 is 2.50 bits per heavy atom. The minimum absolute atomic E-state index is 0.125. The number of urea groups is 1. The third-order valence-corrected chi connectivity index (χ3v) is 6.47. The first-order valence-corrected chi connectivity index (χ1v) is 10.5. The van der Waals surface area contributed by atoms with E-state index in [1.165, 1.54) is 11.1 Å². The average Bonchev–Trinajstić information content (AvgIpc) is 3.09. The van der Waals surface area contributed by atoms with E-state index in [1.807, 2.05) is 14.1 Å². The first kappa shape index (κ1) is 19.7. The van der Waals surface area contributed by atoms with Crippen molar-refractivity contribution in [2.24, 2.45) is 17.8 Å². The molecule has 6 heteroatoms. The highest BCUT2D eigenvalue weighted by molar-refractivity contribution is 5.75. The molecule has 0 bridgehead atoms. The fraction of sp³-hybridized carbons (Fsp3) is 0.682. The molecule has 0 saturated carbocycles. The van der Waals surface area contributed by atoms with Crippen molar-refractivity contribution in [1.82, 2.24) is 14.7 Å². The summed E-state index contributed by atoms with van der Waals surface area (Å²) < 4.78 is 11.4. The largest absolute Gasteiger partial charge is 0.379 e. The summed E-state index contributed by atoms with van der Waals surface area (Å²) in [6.45, 7) is 9.12. The van der Waals surface area contributed by atoms with E-state index in [-0.39, 0.29) is 12.1 Å². The van der Waals surface area contributed by atoms with Crippen molar-refractivity contribution in [3.05, 3.63) is 35.4 Å². The smallest absolute Gasteiger partial charge is 0.320 e. The highest BCUT2D eigenvalue weighted by Crippen LogP contribution is 2.46. The van der Waals surface area contributed by atoms with Crippen LogP contribution in [0.5, 0.6) is 0 Å². The molecule has 0 N–H and O–H groups in total. The molecular weight excluding hydrogens is 354 g/mol. The zero-order valence-corrected chi connectivity index (χ0v) is 17.3. The molecule has 0 aromatic heterocycles. The highest BCUT2D eigenvalue weighted by atomic mass is 16.5. The van der Waals surface area contributed by atoms with Gasteiger partial charge in [-0.3, -0.25) is 0 Å². The van der Waals surface area contributed by atoms with E-state index in [1.54, 1.807) is 4.90 Å². The number of ether oxygens (including phenoxy) is 2. The first-order chi connectivity index (χ1) is 13.5. The molecule has 3 atom stereocenters. The van der Waals surface area contributed by atoms with Gasteiger partial charge in [0, 0.05) is 52.1 Å². The normalized spacial score (nSPS) is 29.0. The number of rotatable bonds is 3. The van der Waals surface area contributed by atoms with E-state index in [0.29, 0.717) is 31.0 Å². The molecule has 3 aliphatic heterocycles. The molecule has 0 aliphatic carbocycles. The van der Waals surface area contributed by atoms with Crippen LogP contribution in [0.15, 0.2) is 24.3 Å². The van der Waals surface area contributed by atoms with Crippen LogP contribution >= 0.6 is 0 Å². The van der Waals surface area contributed by atoms with Crippen LogP contribution in [0.2, 0.25) is 0 Å². The minimum atomic E-state index is 0.125. The van der Waals surface area contributed by atoms with Crippen molar-refractivity contribution in [3.63, 3.8) is 0 Å². The summed E-state index contributed by atoms with van der Waals surface area (Å²) in [5.41, 5.74) is 2.57. The summed E-state index contributed by atoms with van der Waals surface area (Å²) in [6.07, 6.45) is 0. The molecular formula is C22H33N3O3. The molecule has 3 saturated heterocycles. The van der Waals surface area contributed by atoms with Crippen LogP contribution in [-0.2, 0) is 9.47 Å². The highest BCUT2D eigenvalue weighted by Gasteiger charge is 2.49. The number of likely N-dealkylation sites (tertiary alicyclic amines) is 2. The van der Waals surface area contributed by atoms with E-state index in [9.17, 15) is 4.79 Å². The van der Waals surface area contributed by atoms with Gasteiger partial charge in [0.25, 0.3) is 0 Å². The van der Waals surface area contributed by atoms with E-state index in [0.717, 1.165) is 39.4 Å². The third-order valence-electron chi connectivity index (χ3n) is 6.47. The molecule has 3 fully saturated rings. The van der Waals surface area contributed by atoms with E-state index in [4.69, 9.17) is 9.47 Å². The van der Waals surface area contributed by atoms with Crippen LogP contribution in [0.25, 0.3) is 0 Å². The predicted molar refractivity (Wildman–Crippen MR) is 108 cm³/mol. The fourth-order valence-corrected chi connectivity index (χ4v) is 5.19. The lowest BCUT2D eigenvalue weighted by atomic mass is 9.88. The van der Waals surface area contributed by atoms with E-state index < -0.39 is 0 Å². The van der Waals surface area contributed by atoms with Crippen molar-refractivity contribution >= 4 is 6.03 Å². The first-order valence-electron chi connectivity index (χ1n) is 10.5. The fourth-order valence-electron chi connectivity index (χ4n) is 5.19. The van der Waals surface area contributed by atoms with Crippen LogP contribution in [-0.4, -0.2) is 87.4 Å². The lowest BCUT2D eigenvalue weighted by molar-refractivity contribution is 0.103. The number of carbonyl (C=O) groups excluding carboxylic acids is 1. The molecule has 0 unspecified atom stereocenters. The Labute approximate surface area is 168 Å². The molecule has 2 amide bonds. The Bertz CT molecular complexity index is 687. The van der Waals surface area contributed by atoms with Crippen LogP contribution in [0.4, 0.5) is 4.79 Å². The van der Waals surface area contributed by atoms with Gasteiger partial charge in [0.1, 0.15) is 0 Å². The van der Waals surface area contributed by atoms with Gasteiger partial charge < -0.3 is 24.2 Å². The van der Waals surface area contributed by atoms with Gasteiger partial charge in [0.2, 0.25) is 0 Å². The maximum Gasteiger partial charge on any atom is 0.320 e. The summed E-state index contributed by atoms with van der Waals surface area (Å²) in [5.74, 6) is 1.46. The molecule has 3 heterocycles. The Morgan fingerprint density at radius 1 is 1.11 bits per heavy atom. The van der Waals surface area contributed by atoms with Crippen LogP contribution in [0.3, 0.4) is 0 Å². The lowest BCUT2D eigenvalue weighted by Gasteiger charge is -2.33. The zero-order chi connectivity index (χ0) is 19.7. The monoisotopic (exact) mass is 387 g/mol. The van der Waals surface area contributed by atoms with Crippen LogP contribution < -0.4 is 0 Å². The van der Waals surface area contributed by atoms with Gasteiger partial charge >= 0.3 is 6.03 Å². The average molecular weight is 388 g/mol. The van der Waals surface area contributed by atoms with Gasteiger partial charge in [0.15, 0.2) is 0 Å². The summed E-state index contributed by atoms with van der Waals surface area (Å²) >= 11 is 0. The zero-order valence-electron chi connectivity index (χ0n) is 17.3. The molecule has 1 aromatic carbocycles. The number of benzene rings is 1. The Morgan fingerprint density at radius 2 is 1.82 bits per heavy atom. The van der Waals surface area contributed by atoms with Gasteiger partial charge in [-0.05, 0) is 24.0 Å². The second-order valence-corrected chi connectivity index (χ2v) is 8.79. The second-order valence-electron chi connectivity index (χ2n) is 8.79. The number of hydrogen-bond acceptors (Lipinski definition) is 4. The topological polar surface area (TPSA) is 45.3 Å². The quantitative estimate of drug-likeness (QED) is 0.798. The maximum atomic E-state index is 12.9. The van der Waals surface area contributed by atoms with Crippen molar-refractivity contribution in [2.75, 3.05) is 66.7 Å². The summed E-state index contributed by atoms with van der Waals surface area (Å²) in [6, 6.07) is 8.83. The molecule has 1 aromatic rings. The maximum absolute atomic E-state index is 12.9. The van der Waals surface area contributed by atoms with Gasteiger partial charge in [0.05, 0.1) is 32.5 Å². The van der Waals surface area contributed by atoms with Gasteiger partial charge in [-0.25, -0.2) is 4.79 Å². The molecule has 0 radical (unpaired) electrons. The molecule has 4 rings (SSSR count). The van der Waals surface area contributed by atoms with Gasteiger partial charge in [-0.15, -0.1) is 0 Å². The standard InChI is InChI=1S/C22H33N3O3/c1-16-6-4-5-7-19(16)21-20-13-24(10-17-14-27-8-9-28-15-17)11-18(20)12-25(21)22(26)23(2)3/h4-7,17-18,20-21H,8-15H2,1-3H3/t18-,20-,21+/m1/s1. The van der Waals surface area contributed by atoms with Crippen molar-refractivity contribution in [3.8, 4) is 0 Å². The number of aryl methyl sites for hydroxylation is 1. The molecule has 28 heavy (non-hydrogen) atoms. The van der Waals surface area contributed by atoms with Crippen molar-refractivity contribution < 1.29 is 14.3 Å². The lowest BCUT2D eigenvalue weighted by Crippen LogP contribution is -2.42. The Hall–Kier alpha value is -1.63. The number of carbonyl (C=O) groups is 1. The van der Waals surface area contributed by atoms with Crippen LogP contribution in [0.1, 0.15) is 17.2 Å². The van der Waals surface area contributed by atoms with Crippen LogP contribution in [0, 0.1) is 24.7 Å². The summed E-state index contributed by atoms with van der Waals surface area (Å²) in [4.78, 5) is 19.3. The minimum Gasteiger partial charge on any atom is -0.379 e. The third kappa shape index (κ3) is 3.91. The van der Waals surface area contributed by atoms with E-state index in [2.05, 4.69) is 41.0 Å². The van der Waals surface area contributed by atoms with Crippen molar-refractivity contribution in [2.45, 2.75) is 13.0 Å². The number of nitrogens with zero attached hydrogens (tertiary/aromatic N) is 3. The number of fused-ring (bicyclic) bond motifs is 1. The Balaban J connectivity index is 1.52. The Kier molecular flexibility index (Phi) is 5.90. The predicted octanol–water partition coefficient (Wildman–Crippen LogP) is 2.24. The molecule has 3 aliphatic rings. The summed E-state index contributed by atoms with van der Waals surface area (Å²) in [5, 5.41) is 0. The molecule has 6 nitrogen and oxygen atoms in total. The molecule has 0 spiro atoms. The van der Waals surface area contributed by atoms with Gasteiger partial charge in [-0.1, -0.05) is 24.3 Å². The van der Waals surface area contributed by atoms with Gasteiger partial charge in [-0.2, -0.15) is 0 Å². The number of amides is 2. The van der Waals surface area contributed by atoms with E-state index >= 15 is 0 Å².